The van der Waals surface area contributed by atoms with Crippen LogP contribution in [0.15, 0.2) is 0 Å². The number of hydrogen-bond acceptors (Lipinski definition) is 2. The SMILES string of the molecule is CCCC(CN)C1(O)CCC(C(C)C)CC1. The van der Waals surface area contributed by atoms with Gasteiger partial charge in [0.1, 0.15) is 0 Å². The second-order valence-electron chi connectivity index (χ2n) is 5.91. The van der Waals surface area contributed by atoms with E-state index in [0.717, 1.165) is 37.5 Å². The lowest BCUT2D eigenvalue weighted by atomic mass is 9.68. The Morgan fingerprint density at radius 3 is 2.25 bits per heavy atom. The molecule has 0 aromatic heterocycles. The molecular weight excluding hydrogens is 198 g/mol. The van der Waals surface area contributed by atoms with Gasteiger partial charge in [-0.3, -0.25) is 0 Å². The largest absolute Gasteiger partial charge is 0.390 e. The highest BCUT2D eigenvalue weighted by Gasteiger charge is 2.39. The molecule has 1 atom stereocenters. The van der Waals surface area contributed by atoms with Crippen molar-refractivity contribution in [2.75, 3.05) is 6.54 Å². The van der Waals surface area contributed by atoms with E-state index < -0.39 is 5.60 Å². The Bertz CT molecular complexity index is 195. The van der Waals surface area contributed by atoms with Gasteiger partial charge in [-0.05, 0) is 56.4 Å². The van der Waals surface area contributed by atoms with Crippen LogP contribution < -0.4 is 5.73 Å². The fraction of sp³-hybridized carbons (Fsp3) is 1.00. The minimum Gasteiger partial charge on any atom is -0.390 e. The third kappa shape index (κ3) is 3.21. The van der Waals surface area contributed by atoms with Crippen LogP contribution in [-0.4, -0.2) is 17.3 Å². The Balaban J connectivity index is 2.53. The van der Waals surface area contributed by atoms with E-state index in [9.17, 15) is 5.11 Å². The van der Waals surface area contributed by atoms with Crippen LogP contribution in [0.3, 0.4) is 0 Å². The van der Waals surface area contributed by atoms with E-state index in [4.69, 9.17) is 5.73 Å². The number of aliphatic hydroxyl groups is 1. The van der Waals surface area contributed by atoms with Gasteiger partial charge >= 0.3 is 0 Å². The first-order valence-electron chi connectivity index (χ1n) is 6.96. The highest BCUT2D eigenvalue weighted by Crippen LogP contribution is 2.40. The number of hydrogen-bond donors (Lipinski definition) is 2. The first-order valence-corrected chi connectivity index (χ1v) is 6.96. The van der Waals surface area contributed by atoms with E-state index in [1.807, 2.05) is 0 Å². The molecule has 1 saturated carbocycles. The lowest BCUT2D eigenvalue weighted by Crippen LogP contribution is -2.45. The molecule has 0 heterocycles. The van der Waals surface area contributed by atoms with Gasteiger partial charge in [0.15, 0.2) is 0 Å². The predicted octanol–water partition coefficient (Wildman–Crippen LogP) is 2.94. The van der Waals surface area contributed by atoms with E-state index in [2.05, 4.69) is 20.8 Å². The lowest BCUT2D eigenvalue weighted by Gasteiger charge is -2.42. The zero-order chi connectivity index (χ0) is 12.2. The molecule has 0 bridgehead atoms. The molecule has 0 aliphatic heterocycles. The second kappa shape index (κ2) is 6.02. The monoisotopic (exact) mass is 227 g/mol. The second-order valence-corrected chi connectivity index (χ2v) is 5.91. The summed E-state index contributed by atoms with van der Waals surface area (Å²) in [5.41, 5.74) is 5.35. The first-order chi connectivity index (χ1) is 7.53. The fourth-order valence-corrected chi connectivity index (χ4v) is 3.17. The summed E-state index contributed by atoms with van der Waals surface area (Å²) in [5.74, 6) is 1.87. The minimum atomic E-state index is -0.462. The van der Waals surface area contributed by atoms with Gasteiger partial charge in [-0.25, -0.2) is 0 Å². The van der Waals surface area contributed by atoms with E-state index >= 15 is 0 Å². The topological polar surface area (TPSA) is 46.2 Å². The molecule has 0 radical (unpaired) electrons. The molecule has 1 fully saturated rings. The zero-order valence-corrected chi connectivity index (χ0v) is 11.2. The van der Waals surface area contributed by atoms with Gasteiger partial charge in [-0.15, -0.1) is 0 Å². The van der Waals surface area contributed by atoms with Gasteiger partial charge in [0, 0.05) is 0 Å². The van der Waals surface area contributed by atoms with Crippen molar-refractivity contribution in [3.63, 3.8) is 0 Å². The molecule has 0 aromatic carbocycles. The Morgan fingerprint density at radius 1 is 1.31 bits per heavy atom. The Morgan fingerprint density at radius 2 is 1.88 bits per heavy atom. The number of rotatable bonds is 5. The third-order valence-corrected chi connectivity index (χ3v) is 4.52. The van der Waals surface area contributed by atoms with Crippen LogP contribution >= 0.6 is 0 Å². The molecule has 16 heavy (non-hydrogen) atoms. The van der Waals surface area contributed by atoms with Crippen LogP contribution in [0.2, 0.25) is 0 Å². The molecule has 2 nitrogen and oxygen atoms in total. The van der Waals surface area contributed by atoms with E-state index in [1.165, 1.54) is 12.8 Å². The van der Waals surface area contributed by atoms with Gasteiger partial charge < -0.3 is 10.8 Å². The molecule has 0 saturated heterocycles. The highest BCUT2D eigenvalue weighted by atomic mass is 16.3. The van der Waals surface area contributed by atoms with Gasteiger partial charge in [-0.1, -0.05) is 27.2 Å². The summed E-state index contributed by atoms with van der Waals surface area (Å²) in [7, 11) is 0. The molecule has 0 spiro atoms. The Labute approximate surface area is 101 Å². The summed E-state index contributed by atoms with van der Waals surface area (Å²) >= 11 is 0. The van der Waals surface area contributed by atoms with Crippen molar-refractivity contribution in [3.05, 3.63) is 0 Å². The molecule has 2 heteroatoms. The van der Waals surface area contributed by atoms with Crippen molar-refractivity contribution < 1.29 is 5.11 Å². The van der Waals surface area contributed by atoms with Crippen molar-refractivity contribution in [1.82, 2.24) is 0 Å². The van der Waals surface area contributed by atoms with Gasteiger partial charge in [-0.2, -0.15) is 0 Å². The molecule has 1 aliphatic carbocycles. The van der Waals surface area contributed by atoms with Gasteiger partial charge in [0.05, 0.1) is 5.60 Å². The van der Waals surface area contributed by atoms with E-state index in [1.54, 1.807) is 0 Å². The maximum atomic E-state index is 10.7. The third-order valence-electron chi connectivity index (χ3n) is 4.52. The summed E-state index contributed by atoms with van der Waals surface area (Å²) in [4.78, 5) is 0. The summed E-state index contributed by atoms with van der Waals surface area (Å²) in [6.45, 7) is 7.39. The highest BCUT2D eigenvalue weighted by molar-refractivity contribution is 4.92. The van der Waals surface area contributed by atoms with Crippen LogP contribution in [-0.2, 0) is 0 Å². The fourth-order valence-electron chi connectivity index (χ4n) is 3.17. The molecule has 1 unspecified atom stereocenters. The summed E-state index contributed by atoms with van der Waals surface area (Å²) in [5, 5.41) is 10.7. The van der Waals surface area contributed by atoms with E-state index in [0.29, 0.717) is 12.5 Å². The predicted molar refractivity (Wildman–Crippen MR) is 69.2 cm³/mol. The smallest absolute Gasteiger partial charge is 0.0688 e. The van der Waals surface area contributed by atoms with Crippen LogP contribution in [0, 0.1) is 17.8 Å². The van der Waals surface area contributed by atoms with Gasteiger partial charge in [0.25, 0.3) is 0 Å². The first kappa shape index (κ1) is 14.0. The lowest BCUT2D eigenvalue weighted by molar-refractivity contribution is -0.0632. The van der Waals surface area contributed by atoms with E-state index in [-0.39, 0.29) is 0 Å². The molecule has 3 N–H and O–H groups in total. The maximum Gasteiger partial charge on any atom is 0.0688 e. The molecule has 1 rings (SSSR count). The van der Waals surface area contributed by atoms with Gasteiger partial charge in [0.2, 0.25) is 0 Å². The maximum absolute atomic E-state index is 10.7. The quantitative estimate of drug-likeness (QED) is 0.758. The van der Waals surface area contributed by atoms with Crippen molar-refractivity contribution in [2.45, 2.75) is 64.9 Å². The van der Waals surface area contributed by atoms with Crippen LogP contribution in [0.1, 0.15) is 59.3 Å². The average Bonchev–Trinajstić information content (AvgIpc) is 2.26. The Kier molecular flexibility index (Phi) is 5.26. The van der Waals surface area contributed by atoms with Crippen molar-refractivity contribution in [1.29, 1.82) is 0 Å². The molecular formula is C14H29NO. The normalized spacial score (nSPS) is 33.0. The zero-order valence-electron chi connectivity index (χ0n) is 11.2. The van der Waals surface area contributed by atoms with Crippen LogP contribution in [0.4, 0.5) is 0 Å². The van der Waals surface area contributed by atoms with Crippen molar-refractivity contribution in [3.8, 4) is 0 Å². The number of nitrogens with two attached hydrogens (primary N) is 1. The van der Waals surface area contributed by atoms with Crippen LogP contribution in [0.5, 0.6) is 0 Å². The summed E-state index contributed by atoms with van der Waals surface area (Å²) in [6.07, 6.45) is 6.45. The van der Waals surface area contributed by atoms with Crippen molar-refractivity contribution in [2.24, 2.45) is 23.5 Å². The summed E-state index contributed by atoms with van der Waals surface area (Å²) in [6, 6.07) is 0. The average molecular weight is 227 g/mol. The van der Waals surface area contributed by atoms with Crippen LogP contribution in [0.25, 0.3) is 0 Å². The summed E-state index contributed by atoms with van der Waals surface area (Å²) < 4.78 is 0. The molecule has 1 aliphatic rings. The van der Waals surface area contributed by atoms with Crippen molar-refractivity contribution >= 4 is 0 Å². The Hall–Kier alpha value is -0.0800. The molecule has 0 aromatic rings. The molecule has 96 valence electrons. The molecule has 0 amide bonds. The minimum absolute atomic E-state index is 0.311. The standard InChI is InChI=1S/C14H29NO/c1-4-5-13(10-15)14(16)8-6-12(7-9-14)11(2)3/h11-13,16H,4-10,15H2,1-3H3.